The summed E-state index contributed by atoms with van der Waals surface area (Å²) in [7, 11) is -1.62. The largest absolute Gasteiger partial charge is 0.525 e. The summed E-state index contributed by atoms with van der Waals surface area (Å²) in [6.07, 6.45) is 1.07. The second-order valence-corrected chi connectivity index (χ2v) is 1.12. The van der Waals surface area contributed by atoms with Crippen LogP contribution < -0.4 is 0 Å². The Morgan fingerprint density at radius 2 is 2.12 bits per heavy atom. The Bertz CT molecular complexity index is 99.5. The minimum Gasteiger partial charge on any atom is -0.474 e. The highest BCUT2D eigenvalue weighted by atomic mass is 16.5. The molecule has 0 saturated carbocycles. The first-order valence-electron chi connectivity index (χ1n) is 2.01. The molecular formula is C4H7BO3. The van der Waals surface area contributed by atoms with Gasteiger partial charge in [-0.15, -0.1) is 0 Å². The van der Waals surface area contributed by atoms with Crippen molar-refractivity contribution in [2.24, 2.45) is 0 Å². The van der Waals surface area contributed by atoms with Crippen molar-refractivity contribution in [2.45, 2.75) is 0 Å². The summed E-state index contributed by atoms with van der Waals surface area (Å²) in [5.41, 5.74) is -0.125. The van der Waals surface area contributed by atoms with E-state index in [9.17, 15) is 0 Å². The van der Waals surface area contributed by atoms with Gasteiger partial charge >= 0.3 is 7.12 Å². The Kier molecular flexibility index (Phi) is 2.99. The molecule has 0 saturated heterocycles. The molecule has 0 aromatic rings. The fourth-order valence-electron chi connectivity index (χ4n) is 0.168. The Labute approximate surface area is 48.0 Å². The predicted octanol–water partition coefficient (Wildman–Crippen LogP) is -0.328. The summed E-state index contributed by atoms with van der Waals surface area (Å²) >= 11 is 0. The van der Waals surface area contributed by atoms with Crippen LogP contribution in [0.3, 0.4) is 0 Å². The molecule has 0 aliphatic rings. The van der Waals surface area contributed by atoms with Crippen molar-refractivity contribution in [1.82, 2.24) is 0 Å². The van der Waals surface area contributed by atoms with E-state index in [1.54, 1.807) is 0 Å². The van der Waals surface area contributed by atoms with E-state index in [1.807, 2.05) is 0 Å². The number of rotatable bonds is 3. The first-order chi connectivity index (χ1) is 3.68. The van der Waals surface area contributed by atoms with Crippen molar-refractivity contribution < 1.29 is 14.8 Å². The quantitative estimate of drug-likeness (QED) is 0.390. The summed E-state index contributed by atoms with van der Waals surface area (Å²) < 4.78 is 4.37. The molecule has 2 N–H and O–H groups in total. The summed E-state index contributed by atoms with van der Waals surface area (Å²) in [6.45, 7) is 6.33. The molecule has 0 bridgehead atoms. The molecule has 0 aromatic heterocycles. The molecule has 0 aliphatic carbocycles. The molecule has 0 unspecified atom stereocenters. The van der Waals surface area contributed by atoms with Crippen LogP contribution in [0, 0.1) is 0 Å². The van der Waals surface area contributed by atoms with E-state index in [-0.39, 0.29) is 5.66 Å². The first-order valence-corrected chi connectivity index (χ1v) is 2.01. The van der Waals surface area contributed by atoms with Gasteiger partial charge in [0.25, 0.3) is 0 Å². The molecular weight excluding hydrogens is 107 g/mol. The van der Waals surface area contributed by atoms with Crippen LogP contribution in [0.2, 0.25) is 0 Å². The third kappa shape index (κ3) is 2.44. The Balaban J connectivity index is 3.48. The minimum atomic E-state index is -1.62. The molecule has 4 heteroatoms. The highest BCUT2D eigenvalue weighted by Crippen LogP contribution is 1.92. The molecule has 0 rings (SSSR count). The van der Waals surface area contributed by atoms with Crippen molar-refractivity contribution in [2.75, 3.05) is 0 Å². The van der Waals surface area contributed by atoms with Crippen LogP contribution in [0.4, 0.5) is 0 Å². The van der Waals surface area contributed by atoms with Gasteiger partial charge in [-0.2, -0.15) is 0 Å². The van der Waals surface area contributed by atoms with E-state index in [4.69, 9.17) is 10.0 Å². The highest BCUT2D eigenvalue weighted by molar-refractivity contribution is 6.49. The van der Waals surface area contributed by atoms with E-state index in [2.05, 4.69) is 17.9 Å². The molecule has 44 valence electrons. The van der Waals surface area contributed by atoms with Gasteiger partial charge in [-0.25, -0.2) is 0 Å². The van der Waals surface area contributed by atoms with Crippen molar-refractivity contribution in [1.29, 1.82) is 0 Å². The predicted molar refractivity (Wildman–Crippen MR) is 30.6 cm³/mol. The number of ether oxygens (including phenoxy) is 1. The average Bonchev–Trinajstić information content (AvgIpc) is 1.67. The maximum Gasteiger partial charge on any atom is 0.525 e. The molecule has 0 amide bonds. The summed E-state index contributed by atoms with van der Waals surface area (Å²) in [4.78, 5) is 0. The fourth-order valence-corrected chi connectivity index (χ4v) is 0.168. The van der Waals surface area contributed by atoms with Crippen molar-refractivity contribution >= 4 is 7.12 Å². The highest BCUT2D eigenvalue weighted by Gasteiger charge is 2.11. The van der Waals surface area contributed by atoms with Gasteiger partial charge in [0.2, 0.25) is 0 Å². The third-order valence-corrected chi connectivity index (χ3v) is 0.523. The lowest BCUT2D eigenvalue weighted by Crippen LogP contribution is -2.14. The minimum absolute atomic E-state index is 0.125. The number of hydrogen-bond acceptors (Lipinski definition) is 3. The van der Waals surface area contributed by atoms with E-state index in [0.717, 1.165) is 6.26 Å². The Morgan fingerprint density at radius 1 is 1.62 bits per heavy atom. The van der Waals surface area contributed by atoms with E-state index < -0.39 is 7.12 Å². The summed E-state index contributed by atoms with van der Waals surface area (Å²) in [5, 5.41) is 16.5. The molecule has 8 heavy (non-hydrogen) atoms. The van der Waals surface area contributed by atoms with Crippen LogP contribution >= 0.6 is 0 Å². The molecule has 3 nitrogen and oxygen atoms in total. The normalized spacial score (nSPS) is 7.75. The van der Waals surface area contributed by atoms with Crippen LogP contribution in [0.25, 0.3) is 0 Å². The van der Waals surface area contributed by atoms with Crippen molar-refractivity contribution in [3.05, 3.63) is 25.1 Å². The molecule has 0 fully saturated rings. The average molecular weight is 114 g/mol. The molecule has 0 aromatic carbocycles. The fraction of sp³-hybridized carbons (Fsp3) is 0. The van der Waals surface area contributed by atoms with Gasteiger partial charge in [0, 0.05) is 0 Å². The SMILES string of the molecule is C=COC(=C)B(O)O. The van der Waals surface area contributed by atoms with Crippen molar-refractivity contribution in [3.63, 3.8) is 0 Å². The Morgan fingerprint density at radius 3 is 2.25 bits per heavy atom. The topological polar surface area (TPSA) is 49.7 Å². The maximum absolute atomic E-state index is 8.24. The Hall–Kier alpha value is -0.735. The molecule has 0 radical (unpaired) electrons. The molecule has 0 aliphatic heterocycles. The molecule has 0 atom stereocenters. The van der Waals surface area contributed by atoms with E-state index in [1.165, 1.54) is 0 Å². The second kappa shape index (κ2) is 3.29. The lowest BCUT2D eigenvalue weighted by molar-refractivity contribution is 0.325. The van der Waals surface area contributed by atoms with E-state index in [0.29, 0.717) is 0 Å². The van der Waals surface area contributed by atoms with Gasteiger partial charge in [0.05, 0.1) is 6.26 Å². The first kappa shape index (κ1) is 7.26. The maximum atomic E-state index is 8.24. The summed E-state index contributed by atoms with van der Waals surface area (Å²) in [6, 6.07) is 0. The molecule has 0 spiro atoms. The van der Waals surface area contributed by atoms with Crippen LogP contribution in [-0.2, 0) is 4.74 Å². The van der Waals surface area contributed by atoms with Crippen LogP contribution in [-0.4, -0.2) is 17.2 Å². The summed E-state index contributed by atoms with van der Waals surface area (Å²) in [5.74, 6) is 0. The lowest BCUT2D eigenvalue weighted by Gasteiger charge is -1.99. The van der Waals surface area contributed by atoms with Crippen LogP contribution in [0.5, 0.6) is 0 Å². The van der Waals surface area contributed by atoms with Gasteiger partial charge in [-0.05, 0) is 0 Å². The van der Waals surface area contributed by atoms with Crippen LogP contribution in [0.15, 0.2) is 25.1 Å². The standard InChI is InChI=1S/C4H7BO3/c1-3-8-4(2)5(6)7/h3,6-7H,1-2H2. The van der Waals surface area contributed by atoms with E-state index >= 15 is 0 Å². The zero-order chi connectivity index (χ0) is 6.57. The van der Waals surface area contributed by atoms with Gasteiger partial charge in [0.1, 0.15) is 5.66 Å². The zero-order valence-electron chi connectivity index (χ0n) is 4.37. The van der Waals surface area contributed by atoms with Crippen LogP contribution in [0.1, 0.15) is 0 Å². The third-order valence-electron chi connectivity index (χ3n) is 0.523. The molecule has 0 heterocycles. The van der Waals surface area contributed by atoms with Gasteiger partial charge < -0.3 is 14.8 Å². The second-order valence-electron chi connectivity index (χ2n) is 1.12. The van der Waals surface area contributed by atoms with Gasteiger partial charge in [0.15, 0.2) is 0 Å². The van der Waals surface area contributed by atoms with Gasteiger partial charge in [-0.3, -0.25) is 0 Å². The van der Waals surface area contributed by atoms with Gasteiger partial charge in [-0.1, -0.05) is 13.2 Å². The van der Waals surface area contributed by atoms with Crippen molar-refractivity contribution in [3.8, 4) is 0 Å². The zero-order valence-corrected chi connectivity index (χ0v) is 4.37. The monoisotopic (exact) mass is 114 g/mol. The lowest BCUT2D eigenvalue weighted by atomic mass is 9.90. The number of hydrogen-bond donors (Lipinski definition) is 2. The smallest absolute Gasteiger partial charge is 0.474 e.